The number of nitrogen functional groups attached to an aromatic ring is 1. The molecule has 0 radical (unpaired) electrons. The lowest BCUT2D eigenvalue weighted by atomic mass is 9.93. The van der Waals surface area contributed by atoms with E-state index in [1.165, 1.54) is 29.5 Å². The van der Waals surface area contributed by atoms with Crippen LogP contribution in [0, 0.1) is 6.92 Å². The predicted octanol–water partition coefficient (Wildman–Crippen LogP) is 3.78. The Morgan fingerprint density at radius 3 is 2.70 bits per heavy atom. The third-order valence-corrected chi connectivity index (χ3v) is 3.95. The zero-order chi connectivity index (χ0) is 13.9. The molecule has 104 valence electrons. The van der Waals surface area contributed by atoms with Crippen LogP contribution < -0.4 is 5.73 Å². The standard InChI is InChI=1S/C17H21N3/c1-13-16(15-10-6-3-7-11-15)17(18)20(19-13)12-14-8-4-2-5-9-14/h2,4-5,8-10H,3,6-7,11-12,18H2,1H3. The van der Waals surface area contributed by atoms with E-state index in [0.717, 1.165) is 30.9 Å². The molecule has 0 spiro atoms. The smallest absolute Gasteiger partial charge is 0.129 e. The second kappa shape index (κ2) is 5.53. The van der Waals surface area contributed by atoms with Crippen LogP contribution in [0.3, 0.4) is 0 Å². The fourth-order valence-electron chi connectivity index (χ4n) is 2.94. The molecule has 2 aromatic rings. The third-order valence-electron chi connectivity index (χ3n) is 3.95. The van der Waals surface area contributed by atoms with Gasteiger partial charge in [0.05, 0.1) is 12.2 Å². The van der Waals surface area contributed by atoms with Gasteiger partial charge in [0.1, 0.15) is 5.82 Å². The third kappa shape index (κ3) is 2.48. The van der Waals surface area contributed by atoms with Gasteiger partial charge in [-0.1, -0.05) is 36.4 Å². The van der Waals surface area contributed by atoms with E-state index in [4.69, 9.17) is 5.73 Å². The highest BCUT2D eigenvalue weighted by molar-refractivity contribution is 5.75. The first-order valence-corrected chi connectivity index (χ1v) is 7.32. The fourth-order valence-corrected chi connectivity index (χ4v) is 2.94. The Morgan fingerprint density at radius 2 is 2.00 bits per heavy atom. The summed E-state index contributed by atoms with van der Waals surface area (Å²) in [6.07, 6.45) is 7.17. The van der Waals surface area contributed by atoms with E-state index in [1.807, 2.05) is 22.9 Å². The van der Waals surface area contributed by atoms with Crippen molar-refractivity contribution in [2.75, 3.05) is 5.73 Å². The van der Waals surface area contributed by atoms with E-state index in [2.05, 4.69) is 30.2 Å². The number of hydrogen-bond acceptors (Lipinski definition) is 2. The van der Waals surface area contributed by atoms with Crippen molar-refractivity contribution >= 4 is 11.4 Å². The largest absolute Gasteiger partial charge is 0.383 e. The van der Waals surface area contributed by atoms with Crippen molar-refractivity contribution in [2.45, 2.75) is 39.2 Å². The van der Waals surface area contributed by atoms with Crippen LogP contribution in [0.4, 0.5) is 5.82 Å². The first-order chi connectivity index (χ1) is 9.75. The molecule has 2 N–H and O–H groups in total. The van der Waals surface area contributed by atoms with Gasteiger partial charge in [0.15, 0.2) is 0 Å². The summed E-state index contributed by atoms with van der Waals surface area (Å²) in [6.45, 7) is 2.80. The molecule has 1 aromatic heterocycles. The van der Waals surface area contributed by atoms with Crippen LogP contribution in [-0.4, -0.2) is 9.78 Å². The lowest BCUT2D eigenvalue weighted by molar-refractivity contribution is 0.689. The number of anilines is 1. The van der Waals surface area contributed by atoms with Gasteiger partial charge in [-0.05, 0) is 43.7 Å². The molecule has 3 nitrogen and oxygen atoms in total. The second-order valence-corrected chi connectivity index (χ2v) is 5.46. The molecule has 0 aliphatic heterocycles. The number of nitrogens with two attached hydrogens (primary N) is 1. The summed E-state index contributed by atoms with van der Waals surface area (Å²) in [7, 11) is 0. The first kappa shape index (κ1) is 13.0. The Balaban J connectivity index is 1.92. The van der Waals surface area contributed by atoms with Crippen molar-refractivity contribution in [1.29, 1.82) is 0 Å². The van der Waals surface area contributed by atoms with Crippen LogP contribution >= 0.6 is 0 Å². The first-order valence-electron chi connectivity index (χ1n) is 7.32. The Labute approximate surface area is 120 Å². The molecule has 0 fully saturated rings. The normalized spacial score (nSPS) is 15.2. The minimum absolute atomic E-state index is 0.737. The predicted molar refractivity (Wildman–Crippen MR) is 83.4 cm³/mol. The van der Waals surface area contributed by atoms with Gasteiger partial charge in [0.2, 0.25) is 0 Å². The molecule has 1 heterocycles. The number of aromatic nitrogens is 2. The van der Waals surface area contributed by atoms with Crippen molar-refractivity contribution in [1.82, 2.24) is 9.78 Å². The van der Waals surface area contributed by atoms with E-state index in [1.54, 1.807) is 0 Å². The molecule has 3 heteroatoms. The highest BCUT2D eigenvalue weighted by atomic mass is 15.3. The molecule has 0 saturated carbocycles. The Kier molecular flexibility index (Phi) is 3.59. The van der Waals surface area contributed by atoms with Crippen molar-refractivity contribution in [3.8, 4) is 0 Å². The van der Waals surface area contributed by atoms with Crippen LogP contribution in [-0.2, 0) is 6.54 Å². The number of rotatable bonds is 3. The molecular weight excluding hydrogens is 246 g/mol. The highest BCUT2D eigenvalue weighted by Gasteiger charge is 2.17. The van der Waals surface area contributed by atoms with Gasteiger partial charge >= 0.3 is 0 Å². The van der Waals surface area contributed by atoms with Gasteiger partial charge < -0.3 is 5.73 Å². The number of allylic oxidation sites excluding steroid dienone is 2. The van der Waals surface area contributed by atoms with Gasteiger partial charge in [-0.15, -0.1) is 0 Å². The lowest BCUT2D eigenvalue weighted by Crippen LogP contribution is -2.06. The summed E-state index contributed by atoms with van der Waals surface area (Å²) in [5, 5.41) is 4.63. The molecule has 1 aliphatic carbocycles. The zero-order valence-electron chi connectivity index (χ0n) is 12.0. The summed E-state index contributed by atoms with van der Waals surface area (Å²) >= 11 is 0. The average Bonchev–Trinajstić information content (AvgIpc) is 2.75. The lowest BCUT2D eigenvalue weighted by Gasteiger charge is -2.13. The van der Waals surface area contributed by atoms with E-state index in [0.29, 0.717) is 0 Å². The van der Waals surface area contributed by atoms with E-state index >= 15 is 0 Å². The molecule has 20 heavy (non-hydrogen) atoms. The zero-order valence-corrected chi connectivity index (χ0v) is 12.0. The minimum atomic E-state index is 0.737. The molecule has 3 rings (SSSR count). The maximum absolute atomic E-state index is 6.34. The number of benzene rings is 1. The molecule has 0 saturated heterocycles. The van der Waals surface area contributed by atoms with Crippen LogP contribution in [0.25, 0.3) is 5.57 Å². The van der Waals surface area contributed by atoms with Crippen LogP contribution in [0.15, 0.2) is 36.4 Å². The van der Waals surface area contributed by atoms with Crippen LogP contribution in [0.5, 0.6) is 0 Å². The van der Waals surface area contributed by atoms with E-state index in [9.17, 15) is 0 Å². The summed E-state index contributed by atoms with van der Waals surface area (Å²) in [5.41, 5.74) is 11.2. The highest BCUT2D eigenvalue weighted by Crippen LogP contribution is 2.32. The van der Waals surface area contributed by atoms with Gasteiger partial charge in [0, 0.05) is 5.56 Å². The number of nitrogens with zero attached hydrogens (tertiary/aromatic N) is 2. The maximum Gasteiger partial charge on any atom is 0.129 e. The topological polar surface area (TPSA) is 43.8 Å². The summed E-state index contributed by atoms with van der Waals surface area (Å²) < 4.78 is 1.93. The number of hydrogen-bond donors (Lipinski definition) is 1. The van der Waals surface area contributed by atoms with Crippen molar-refractivity contribution < 1.29 is 0 Å². The Bertz CT molecular complexity index is 623. The van der Waals surface area contributed by atoms with E-state index < -0.39 is 0 Å². The molecular formula is C17H21N3. The van der Waals surface area contributed by atoms with Gasteiger partial charge in [0.25, 0.3) is 0 Å². The number of aryl methyl sites for hydroxylation is 1. The fraction of sp³-hybridized carbons (Fsp3) is 0.353. The molecule has 1 aliphatic rings. The second-order valence-electron chi connectivity index (χ2n) is 5.46. The van der Waals surface area contributed by atoms with Gasteiger partial charge in [-0.2, -0.15) is 5.10 Å². The van der Waals surface area contributed by atoms with Crippen LogP contribution in [0.2, 0.25) is 0 Å². The molecule has 0 amide bonds. The molecule has 1 aromatic carbocycles. The van der Waals surface area contributed by atoms with Crippen LogP contribution in [0.1, 0.15) is 42.5 Å². The molecule has 0 unspecified atom stereocenters. The van der Waals surface area contributed by atoms with Crippen molar-refractivity contribution in [3.05, 3.63) is 53.2 Å². The van der Waals surface area contributed by atoms with E-state index in [-0.39, 0.29) is 0 Å². The minimum Gasteiger partial charge on any atom is -0.383 e. The summed E-state index contributed by atoms with van der Waals surface area (Å²) in [6, 6.07) is 10.3. The van der Waals surface area contributed by atoms with Crippen molar-refractivity contribution in [2.24, 2.45) is 0 Å². The molecule has 0 bridgehead atoms. The van der Waals surface area contributed by atoms with Gasteiger partial charge in [-0.25, -0.2) is 4.68 Å². The van der Waals surface area contributed by atoms with Crippen molar-refractivity contribution in [3.63, 3.8) is 0 Å². The molecule has 0 atom stereocenters. The maximum atomic E-state index is 6.34. The Morgan fingerprint density at radius 1 is 1.20 bits per heavy atom. The summed E-state index contributed by atoms with van der Waals surface area (Å²) in [4.78, 5) is 0. The summed E-state index contributed by atoms with van der Waals surface area (Å²) in [5.74, 6) is 0.805. The quantitative estimate of drug-likeness (QED) is 0.919. The monoisotopic (exact) mass is 267 g/mol. The SMILES string of the molecule is Cc1nn(Cc2ccccc2)c(N)c1C1=CCCCC1. The van der Waals surface area contributed by atoms with Gasteiger partial charge in [-0.3, -0.25) is 0 Å². The Hall–Kier alpha value is -2.03. The average molecular weight is 267 g/mol.